The largest absolute Gasteiger partial charge is 0.497 e. The van der Waals surface area contributed by atoms with Gasteiger partial charge in [0.15, 0.2) is 0 Å². The Balaban J connectivity index is 2.11. The molecule has 1 saturated heterocycles. The molecule has 108 valence electrons. The van der Waals surface area contributed by atoms with Crippen LogP contribution in [0.1, 0.15) is 44.5 Å². The summed E-state index contributed by atoms with van der Waals surface area (Å²) in [4.78, 5) is 4.91. The fourth-order valence-electron chi connectivity index (χ4n) is 3.13. The number of rotatable bonds is 3. The maximum Gasteiger partial charge on any atom is 0.121 e. The van der Waals surface area contributed by atoms with Crippen molar-refractivity contribution in [2.75, 3.05) is 20.2 Å². The summed E-state index contributed by atoms with van der Waals surface area (Å²) >= 11 is 0. The normalized spacial score (nSPS) is 19.7. The van der Waals surface area contributed by atoms with E-state index in [9.17, 15) is 0 Å². The van der Waals surface area contributed by atoms with Crippen LogP contribution in [0.4, 0.5) is 0 Å². The zero-order valence-corrected chi connectivity index (χ0v) is 12.5. The highest BCUT2D eigenvalue weighted by Crippen LogP contribution is 2.31. The SMILES string of the molecule is COc1ccc2c(c1)nc(C1CCCNC1)n2C(C)C. The number of fused-ring (bicyclic) bond motifs is 1. The van der Waals surface area contributed by atoms with Gasteiger partial charge in [-0.15, -0.1) is 0 Å². The minimum absolute atomic E-state index is 0.422. The number of hydrogen-bond donors (Lipinski definition) is 1. The van der Waals surface area contributed by atoms with E-state index in [0.29, 0.717) is 12.0 Å². The molecule has 4 nitrogen and oxygen atoms in total. The van der Waals surface area contributed by atoms with Gasteiger partial charge in [-0.05, 0) is 45.4 Å². The molecule has 1 aliphatic heterocycles. The molecule has 0 bridgehead atoms. The second-order valence-corrected chi connectivity index (χ2v) is 5.83. The lowest BCUT2D eigenvalue weighted by Gasteiger charge is -2.24. The molecule has 2 aromatic rings. The Bertz CT molecular complexity index is 597. The third kappa shape index (κ3) is 2.29. The summed E-state index contributed by atoms with van der Waals surface area (Å²) in [5.41, 5.74) is 2.25. The molecule has 1 N–H and O–H groups in total. The number of aromatic nitrogens is 2. The van der Waals surface area contributed by atoms with Crippen molar-refractivity contribution in [3.63, 3.8) is 0 Å². The Morgan fingerprint density at radius 3 is 2.90 bits per heavy atom. The molecule has 0 radical (unpaired) electrons. The van der Waals surface area contributed by atoms with Crippen LogP contribution in [0.25, 0.3) is 11.0 Å². The van der Waals surface area contributed by atoms with Gasteiger partial charge in [0.05, 0.1) is 18.1 Å². The van der Waals surface area contributed by atoms with Gasteiger partial charge in [-0.2, -0.15) is 0 Å². The number of ether oxygens (including phenoxy) is 1. The summed E-state index contributed by atoms with van der Waals surface area (Å²) in [6.07, 6.45) is 2.45. The number of benzene rings is 1. The molecule has 1 fully saturated rings. The maximum atomic E-state index is 5.32. The van der Waals surface area contributed by atoms with E-state index in [4.69, 9.17) is 9.72 Å². The molecule has 1 atom stereocenters. The Kier molecular flexibility index (Phi) is 3.66. The molecule has 1 aromatic carbocycles. The van der Waals surface area contributed by atoms with E-state index in [-0.39, 0.29) is 0 Å². The molecule has 1 unspecified atom stereocenters. The summed E-state index contributed by atoms with van der Waals surface area (Å²) < 4.78 is 7.70. The molecule has 1 aromatic heterocycles. The predicted octanol–water partition coefficient (Wildman–Crippen LogP) is 3.09. The van der Waals surface area contributed by atoms with Gasteiger partial charge >= 0.3 is 0 Å². The van der Waals surface area contributed by atoms with Crippen LogP contribution in [0.3, 0.4) is 0 Å². The van der Waals surface area contributed by atoms with Crippen molar-refractivity contribution < 1.29 is 4.74 Å². The molecule has 1 aliphatic rings. The lowest BCUT2D eigenvalue weighted by Crippen LogP contribution is -2.30. The van der Waals surface area contributed by atoms with Crippen molar-refractivity contribution in [2.45, 2.75) is 38.6 Å². The third-order valence-corrected chi connectivity index (χ3v) is 4.10. The minimum atomic E-state index is 0.422. The number of methoxy groups -OCH3 is 1. The Morgan fingerprint density at radius 1 is 1.40 bits per heavy atom. The first-order valence-corrected chi connectivity index (χ1v) is 7.47. The molecule has 4 heteroatoms. The van der Waals surface area contributed by atoms with Crippen molar-refractivity contribution in [3.05, 3.63) is 24.0 Å². The van der Waals surface area contributed by atoms with Gasteiger partial charge in [0, 0.05) is 24.6 Å². The van der Waals surface area contributed by atoms with E-state index in [1.54, 1.807) is 7.11 Å². The lowest BCUT2D eigenvalue weighted by molar-refractivity contribution is 0.415. The Morgan fingerprint density at radius 2 is 2.25 bits per heavy atom. The Hall–Kier alpha value is -1.55. The molecule has 2 heterocycles. The van der Waals surface area contributed by atoms with Gasteiger partial charge in [0.1, 0.15) is 11.6 Å². The van der Waals surface area contributed by atoms with Crippen molar-refractivity contribution in [1.82, 2.24) is 14.9 Å². The van der Waals surface area contributed by atoms with E-state index in [1.807, 2.05) is 12.1 Å². The van der Waals surface area contributed by atoms with Gasteiger partial charge in [0.2, 0.25) is 0 Å². The molecule has 0 saturated carbocycles. The van der Waals surface area contributed by atoms with Crippen molar-refractivity contribution >= 4 is 11.0 Å². The van der Waals surface area contributed by atoms with Gasteiger partial charge in [-0.3, -0.25) is 0 Å². The highest BCUT2D eigenvalue weighted by atomic mass is 16.5. The zero-order chi connectivity index (χ0) is 14.1. The first kappa shape index (κ1) is 13.4. The summed E-state index contributed by atoms with van der Waals surface area (Å²) in [5.74, 6) is 2.61. The van der Waals surface area contributed by atoms with E-state index in [0.717, 1.165) is 24.4 Å². The predicted molar refractivity (Wildman–Crippen MR) is 81.5 cm³/mol. The van der Waals surface area contributed by atoms with E-state index in [1.165, 1.54) is 24.2 Å². The average molecular weight is 273 g/mol. The zero-order valence-electron chi connectivity index (χ0n) is 12.5. The smallest absolute Gasteiger partial charge is 0.121 e. The summed E-state index contributed by atoms with van der Waals surface area (Å²) in [7, 11) is 1.70. The van der Waals surface area contributed by atoms with Crippen molar-refractivity contribution in [1.29, 1.82) is 0 Å². The first-order chi connectivity index (χ1) is 9.70. The number of nitrogens with one attached hydrogen (secondary N) is 1. The number of imidazole rings is 1. The fraction of sp³-hybridized carbons (Fsp3) is 0.562. The minimum Gasteiger partial charge on any atom is -0.497 e. The summed E-state index contributed by atoms with van der Waals surface area (Å²) in [5, 5.41) is 3.49. The molecule has 20 heavy (non-hydrogen) atoms. The average Bonchev–Trinajstić information content (AvgIpc) is 2.86. The number of hydrogen-bond acceptors (Lipinski definition) is 3. The Labute approximate surface area is 120 Å². The fourth-order valence-corrected chi connectivity index (χ4v) is 3.13. The molecule has 0 spiro atoms. The maximum absolute atomic E-state index is 5.32. The van der Waals surface area contributed by atoms with Crippen LogP contribution in [-0.2, 0) is 0 Å². The van der Waals surface area contributed by atoms with Crippen LogP contribution in [-0.4, -0.2) is 29.8 Å². The number of nitrogens with zero attached hydrogens (tertiary/aromatic N) is 2. The van der Waals surface area contributed by atoms with Crippen LogP contribution in [0.2, 0.25) is 0 Å². The standard InChI is InChI=1S/C16H23N3O/c1-11(2)19-15-7-6-13(20-3)9-14(15)18-16(19)12-5-4-8-17-10-12/h6-7,9,11-12,17H,4-5,8,10H2,1-3H3. The third-order valence-electron chi connectivity index (χ3n) is 4.10. The quantitative estimate of drug-likeness (QED) is 0.934. The molecular weight excluding hydrogens is 250 g/mol. The second-order valence-electron chi connectivity index (χ2n) is 5.83. The van der Waals surface area contributed by atoms with Crippen LogP contribution >= 0.6 is 0 Å². The first-order valence-electron chi connectivity index (χ1n) is 7.47. The second kappa shape index (κ2) is 5.44. The van der Waals surface area contributed by atoms with Crippen LogP contribution in [0.15, 0.2) is 18.2 Å². The van der Waals surface area contributed by atoms with Gasteiger partial charge in [-0.1, -0.05) is 0 Å². The summed E-state index contributed by atoms with van der Waals surface area (Å²) in [6.45, 7) is 6.62. The van der Waals surface area contributed by atoms with Crippen molar-refractivity contribution in [2.24, 2.45) is 0 Å². The topological polar surface area (TPSA) is 39.1 Å². The van der Waals surface area contributed by atoms with Crippen LogP contribution < -0.4 is 10.1 Å². The van der Waals surface area contributed by atoms with Crippen molar-refractivity contribution in [3.8, 4) is 5.75 Å². The molecular formula is C16H23N3O. The van der Waals surface area contributed by atoms with Gasteiger partial charge < -0.3 is 14.6 Å². The molecule has 3 rings (SSSR count). The molecule has 0 amide bonds. The monoisotopic (exact) mass is 273 g/mol. The number of piperidine rings is 1. The highest BCUT2D eigenvalue weighted by molar-refractivity contribution is 5.78. The molecule has 0 aliphatic carbocycles. The lowest BCUT2D eigenvalue weighted by atomic mass is 9.98. The van der Waals surface area contributed by atoms with Gasteiger partial charge in [-0.25, -0.2) is 4.98 Å². The van der Waals surface area contributed by atoms with Gasteiger partial charge in [0.25, 0.3) is 0 Å². The van der Waals surface area contributed by atoms with E-state index >= 15 is 0 Å². The highest BCUT2D eigenvalue weighted by Gasteiger charge is 2.23. The van der Waals surface area contributed by atoms with E-state index < -0.39 is 0 Å². The van der Waals surface area contributed by atoms with Crippen LogP contribution in [0.5, 0.6) is 5.75 Å². The van der Waals surface area contributed by atoms with E-state index in [2.05, 4.69) is 29.8 Å². The van der Waals surface area contributed by atoms with Crippen LogP contribution in [0, 0.1) is 0 Å². The summed E-state index contributed by atoms with van der Waals surface area (Å²) in [6, 6.07) is 6.60.